The fraction of sp³-hybridized carbons (Fsp3) is 0.350. The molecule has 0 aliphatic heterocycles. The Balaban J connectivity index is 2.03. The maximum Gasteiger partial charge on any atom is 0.144 e. The molecule has 0 heterocycles. The first kappa shape index (κ1) is 18.7. The molecule has 2 aromatic carbocycles. The van der Waals surface area contributed by atoms with Gasteiger partial charge in [0.15, 0.2) is 0 Å². The van der Waals surface area contributed by atoms with Gasteiger partial charge in [0.2, 0.25) is 0 Å². The van der Waals surface area contributed by atoms with E-state index in [9.17, 15) is 4.55 Å². The van der Waals surface area contributed by atoms with E-state index in [0.29, 0.717) is 6.54 Å². The summed E-state index contributed by atoms with van der Waals surface area (Å²) in [5.74, 6) is 0. The summed E-state index contributed by atoms with van der Waals surface area (Å²) in [5, 5.41) is 0. The molecule has 3 nitrogen and oxygen atoms in total. The minimum Gasteiger partial charge on any atom is -0.591 e. The lowest BCUT2D eigenvalue weighted by atomic mass is 10.1. The molecule has 0 unspecified atom stereocenters. The Morgan fingerprint density at radius 2 is 1.38 bits per heavy atom. The Kier molecular flexibility index (Phi) is 7.03. The lowest BCUT2D eigenvalue weighted by molar-refractivity contribution is 0.297. The average molecular weight is 343 g/mol. The van der Waals surface area contributed by atoms with Gasteiger partial charge in [0.25, 0.3) is 0 Å². The second-order valence-electron chi connectivity index (χ2n) is 6.79. The van der Waals surface area contributed by atoms with Crippen molar-refractivity contribution in [3.8, 4) is 0 Å². The van der Waals surface area contributed by atoms with Crippen molar-refractivity contribution < 1.29 is 4.55 Å². The van der Waals surface area contributed by atoms with Crippen LogP contribution in [0.4, 0.5) is 0 Å². The van der Waals surface area contributed by atoms with E-state index in [0.717, 1.165) is 13.1 Å². The maximum absolute atomic E-state index is 12.1. The van der Waals surface area contributed by atoms with Gasteiger partial charge in [-0.3, -0.25) is 4.90 Å². The Morgan fingerprint density at radius 1 is 0.917 bits per heavy atom. The summed E-state index contributed by atoms with van der Waals surface area (Å²) >= 11 is -1.20. The molecular weight excluding hydrogens is 316 g/mol. The van der Waals surface area contributed by atoms with Crippen LogP contribution >= 0.6 is 0 Å². The smallest absolute Gasteiger partial charge is 0.144 e. The topological polar surface area (TPSA) is 38.7 Å². The molecule has 128 valence electrons. The van der Waals surface area contributed by atoms with E-state index in [2.05, 4.69) is 57.8 Å². The van der Waals surface area contributed by atoms with Gasteiger partial charge in [0.1, 0.15) is 16.1 Å². The molecule has 2 aromatic rings. The minimum absolute atomic E-state index is 0.319. The van der Waals surface area contributed by atoms with Crippen LogP contribution in [0.3, 0.4) is 0 Å². The minimum atomic E-state index is -1.20. The van der Waals surface area contributed by atoms with Crippen molar-refractivity contribution in [2.45, 2.75) is 38.6 Å². The van der Waals surface area contributed by atoms with E-state index in [1.165, 1.54) is 11.1 Å². The van der Waals surface area contributed by atoms with Crippen LogP contribution in [-0.4, -0.2) is 27.0 Å². The van der Waals surface area contributed by atoms with Crippen molar-refractivity contribution in [1.82, 2.24) is 4.90 Å². The Bertz CT molecular complexity index is 582. The quantitative estimate of drug-likeness (QED) is 0.558. The fourth-order valence-electron chi connectivity index (χ4n) is 2.24. The second kappa shape index (κ2) is 9.02. The van der Waals surface area contributed by atoms with E-state index in [-0.39, 0.29) is 4.75 Å². The molecule has 0 aliphatic carbocycles. The lowest BCUT2D eigenvalue weighted by Gasteiger charge is -2.21. The highest BCUT2D eigenvalue weighted by molar-refractivity contribution is 7.91. The molecule has 24 heavy (non-hydrogen) atoms. The predicted octanol–water partition coefficient (Wildman–Crippen LogP) is 4.22. The standard InChI is InChI=1S/C20H26N2OS/c1-20(2,3)24(23)21-14-15-22(16-18-10-6-4-7-11-18)17-19-12-8-5-9-13-19/h4-14H,15-17H2,1-3H3/b21-14+/t24-/m1/s1. The fourth-order valence-corrected chi connectivity index (χ4v) is 2.76. The summed E-state index contributed by atoms with van der Waals surface area (Å²) in [5.41, 5.74) is 2.53. The first-order valence-corrected chi connectivity index (χ1v) is 9.30. The Labute approximate surface area is 148 Å². The Hall–Kier alpha value is -1.62. The molecule has 0 saturated carbocycles. The molecule has 0 spiro atoms. The van der Waals surface area contributed by atoms with Gasteiger partial charge in [-0.2, -0.15) is 0 Å². The first-order chi connectivity index (χ1) is 11.4. The summed E-state index contributed by atoms with van der Waals surface area (Å²) in [6.45, 7) is 8.16. The van der Waals surface area contributed by atoms with Crippen LogP contribution < -0.4 is 0 Å². The van der Waals surface area contributed by atoms with Gasteiger partial charge >= 0.3 is 0 Å². The van der Waals surface area contributed by atoms with Gasteiger partial charge in [-0.25, -0.2) is 0 Å². The van der Waals surface area contributed by atoms with Gasteiger partial charge in [-0.1, -0.05) is 65.1 Å². The zero-order chi connectivity index (χ0) is 17.4. The van der Waals surface area contributed by atoms with Crippen molar-refractivity contribution in [3.05, 3.63) is 71.8 Å². The van der Waals surface area contributed by atoms with Gasteiger partial charge in [0.05, 0.1) is 6.21 Å². The van der Waals surface area contributed by atoms with Gasteiger partial charge in [0, 0.05) is 19.6 Å². The number of nitrogens with zero attached hydrogens (tertiary/aromatic N) is 2. The Morgan fingerprint density at radius 3 is 1.79 bits per heavy atom. The molecule has 0 saturated heterocycles. The third-order valence-electron chi connectivity index (χ3n) is 3.53. The maximum atomic E-state index is 12.1. The summed E-state index contributed by atoms with van der Waals surface area (Å²) < 4.78 is 16.0. The van der Waals surface area contributed by atoms with Crippen LogP contribution in [0.1, 0.15) is 31.9 Å². The third-order valence-corrected chi connectivity index (χ3v) is 4.92. The number of benzene rings is 2. The van der Waals surface area contributed by atoms with Crippen LogP contribution in [0.15, 0.2) is 65.1 Å². The van der Waals surface area contributed by atoms with Crippen molar-refractivity contribution in [2.24, 2.45) is 4.40 Å². The molecule has 0 aliphatic rings. The van der Waals surface area contributed by atoms with E-state index in [1.54, 1.807) is 6.21 Å². The second-order valence-corrected chi connectivity index (χ2v) is 8.72. The van der Waals surface area contributed by atoms with Gasteiger partial charge in [-0.05, 0) is 31.9 Å². The van der Waals surface area contributed by atoms with E-state index in [4.69, 9.17) is 0 Å². The normalized spacial score (nSPS) is 13.5. The third kappa shape index (κ3) is 6.48. The van der Waals surface area contributed by atoms with Crippen molar-refractivity contribution in [1.29, 1.82) is 0 Å². The number of hydrogen-bond donors (Lipinski definition) is 0. The molecule has 0 fully saturated rings. The summed E-state index contributed by atoms with van der Waals surface area (Å²) in [6.07, 6.45) is 1.78. The molecular formula is C20H26N2OS. The molecule has 0 amide bonds. The molecule has 2 rings (SSSR count). The van der Waals surface area contributed by atoms with Crippen LogP contribution in [0, 0.1) is 0 Å². The van der Waals surface area contributed by atoms with Crippen LogP contribution in [-0.2, 0) is 24.5 Å². The largest absolute Gasteiger partial charge is 0.591 e. The van der Waals surface area contributed by atoms with E-state index < -0.39 is 11.4 Å². The van der Waals surface area contributed by atoms with Crippen molar-refractivity contribution >= 4 is 17.6 Å². The van der Waals surface area contributed by atoms with Crippen molar-refractivity contribution in [3.63, 3.8) is 0 Å². The highest BCUT2D eigenvalue weighted by atomic mass is 32.2. The predicted molar refractivity (Wildman–Crippen MR) is 103 cm³/mol. The highest BCUT2D eigenvalue weighted by Crippen LogP contribution is 2.16. The molecule has 0 N–H and O–H groups in total. The van der Waals surface area contributed by atoms with Crippen molar-refractivity contribution in [2.75, 3.05) is 6.54 Å². The van der Waals surface area contributed by atoms with Crippen LogP contribution in [0.25, 0.3) is 0 Å². The summed E-state index contributed by atoms with van der Waals surface area (Å²) in [7, 11) is 0. The zero-order valence-electron chi connectivity index (χ0n) is 14.7. The number of rotatable bonds is 7. The number of hydrogen-bond acceptors (Lipinski definition) is 3. The SMILES string of the molecule is CC(C)(C)[S@@+]([O-])/N=C/CN(Cc1ccccc1)Cc1ccccc1. The zero-order valence-corrected chi connectivity index (χ0v) is 15.5. The highest BCUT2D eigenvalue weighted by Gasteiger charge is 2.25. The molecule has 0 aromatic heterocycles. The van der Waals surface area contributed by atoms with E-state index >= 15 is 0 Å². The van der Waals surface area contributed by atoms with Gasteiger partial charge in [-0.15, -0.1) is 0 Å². The lowest BCUT2D eigenvalue weighted by Crippen LogP contribution is -2.28. The van der Waals surface area contributed by atoms with Crippen LogP contribution in [0.5, 0.6) is 0 Å². The summed E-state index contributed by atoms with van der Waals surface area (Å²) in [4.78, 5) is 2.30. The van der Waals surface area contributed by atoms with E-state index in [1.807, 2.05) is 32.9 Å². The van der Waals surface area contributed by atoms with Crippen LogP contribution in [0.2, 0.25) is 0 Å². The van der Waals surface area contributed by atoms with Gasteiger partial charge < -0.3 is 4.55 Å². The molecule has 1 atom stereocenters. The monoisotopic (exact) mass is 342 g/mol. The summed E-state index contributed by atoms with van der Waals surface area (Å²) in [6, 6.07) is 20.8. The molecule has 0 bridgehead atoms. The first-order valence-electron chi connectivity index (χ1n) is 8.20. The molecule has 0 radical (unpaired) electrons. The molecule has 4 heteroatoms. The average Bonchev–Trinajstić information content (AvgIpc) is 2.55.